The van der Waals surface area contributed by atoms with Crippen LogP contribution in [0.2, 0.25) is 5.02 Å². The van der Waals surface area contributed by atoms with E-state index in [1.54, 1.807) is 11.0 Å². The number of hydrogen-bond acceptors (Lipinski definition) is 5. The van der Waals surface area contributed by atoms with Crippen LogP contribution in [0.25, 0.3) is 0 Å². The maximum absolute atomic E-state index is 12.4. The average Bonchev–Trinajstić information content (AvgIpc) is 2.69. The summed E-state index contributed by atoms with van der Waals surface area (Å²) in [4.78, 5) is 27.7. The van der Waals surface area contributed by atoms with E-state index in [0.717, 1.165) is 19.6 Å². The Bertz CT molecular complexity index is 849. The monoisotopic (exact) mass is 403 g/mol. The van der Waals surface area contributed by atoms with Crippen molar-refractivity contribution in [2.75, 3.05) is 38.5 Å². The van der Waals surface area contributed by atoms with Gasteiger partial charge in [-0.1, -0.05) is 29.8 Å². The summed E-state index contributed by atoms with van der Waals surface area (Å²) >= 11 is 5.91. The summed E-state index contributed by atoms with van der Waals surface area (Å²) < 4.78 is 5.45. The van der Waals surface area contributed by atoms with Gasteiger partial charge in [0.2, 0.25) is 0 Å². The van der Waals surface area contributed by atoms with Gasteiger partial charge >= 0.3 is 5.97 Å². The van der Waals surface area contributed by atoms with E-state index in [2.05, 4.69) is 4.90 Å². The first-order chi connectivity index (χ1) is 13.4. The van der Waals surface area contributed by atoms with Crippen LogP contribution in [0.1, 0.15) is 15.9 Å². The van der Waals surface area contributed by atoms with Gasteiger partial charge in [0.1, 0.15) is 5.56 Å². The van der Waals surface area contributed by atoms with E-state index in [1.165, 1.54) is 17.7 Å². The normalized spacial score (nSPS) is 14.7. The summed E-state index contributed by atoms with van der Waals surface area (Å²) in [6.07, 6.45) is 0. The Hall–Kier alpha value is -2.77. The van der Waals surface area contributed by atoms with Gasteiger partial charge in [-0.3, -0.25) is 9.69 Å². The number of nitrogens with two attached hydrogens (primary N) is 1. The van der Waals surface area contributed by atoms with Gasteiger partial charge in [-0.2, -0.15) is 0 Å². The third kappa shape index (κ3) is 4.94. The number of rotatable bonds is 6. The Kier molecular flexibility index (Phi) is 6.38. The first-order valence-electron chi connectivity index (χ1n) is 8.93. The zero-order chi connectivity index (χ0) is 20.1. The molecule has 1 saturated heterocycles. The fourth-order valence-corrected chi connectivity index (χ4v) is 3.24. The zero-order valence-electron chi connectivity index (χ0n) is 15.3. The molecule has 0 aromatic heterocycles. The molecule has 1 aliphatic heterocycles. The summed E-state index contributed by atoms with van der Waals surface area (Å²) in [6, 6.07) is 12.2. The highest BCUT2D eigenvalue weighted by molar-refractivity contribution is 6.30. The number of para-hydroxylation sites is 1. The van der Waals surface area contributed by atoms with Crippen molar-refractivity contribution in [2.45, 2.75) is 6.54 Å². The maximum atomic E-state index is 12.4. The number of aromatic carboxylic acids is 1. The molecule has 0 spiro atoms. The summed E-state index contributed by atoms with van der Waals surface area (Å²) in [5, 5.41) is 9.94. The number of anilines is 1. The molecule has 0 saturated carbocycles. The molecule has 8 heteroatoms. The standard InChI is InChI=1S/C20H22ClN3O4/c21-15-6-4-14(5-7-15)12-23-8-10-24(11-9-23)18(25)13-28-19-16(20(26)27)2-1-3-17(19)22/h1-7H,8-13,22H2,(H,26,27). The van der Waals surface area contributed by atoms with Gasteiger partial charge in [-0.05, 0) is 29.8 Å². The Labute approximate surface area is 168 Å². The van der Waals surface area contributed by atoms with Gasteiger partial charge < -0.3 is 20.5 Å². The van der Waals surface area contributed by atoms with E-state index in [0.29, 0.717) is 18.1 Å². The van der Waals surface area contributed by atoms with Crippen LogP contribution in [0, 0.1) is 0 Å². The Balaban J connectivity index is 1.51. The lowest BCUT2D eigenvalue weighted by Gasteiger charge is -2.34. The molecule has 3 rings (SSSR count). The lowest BCUT2D eigenvalue weighted by Crippen LogP contribution is -2.49. The fraction of sp³-hybridized carbons (Fsp3) is 0.300. The van der Waals surface area contributed by atoms with E-state index < -0.39 is 5.97 Å². The van der Waals surface area contributed by atoms with Gasteiger partial charge in [0.15, 0.2) is 12.4 Å². The Morgan fingerprint density at radius 1 is 1.07 bits per heavy atom. The molecule has 1 amide bonds. The van der Waals surface area contributed by atoms with E-state index in [-0.39, 0.29) is 29.5 Å². The van der Waals surface area contributed by atoms with E-state index in [4.69, 9.17) is 22.1 Å². The molecule has 0 unspecified atom stereocenters. The predicted octanol–water partition coefficient (Wildman–Crippen LogP) is 2.34. The quantitative estimate of drug-likeness (QED) is 0.719. The summed E-state index contributed by atoms with van der Waals surface area (Å²) in [7, 11) is 0. The number of benzene rings is 2. The van der Waals surface area contributed by atoms with Crippen LogP contribution in [-0.2, 0) is 11.3 Å². The molecule has 0 aliphatic carbocycles. The Morgan fingerprint density at radius 3 is 2.39 bits per heavy atom. The number of ether oxygens (including phenoxy) is 1. The summed E-state index contributed by atoms with van der Waals surface area (Å²) in [6.45, 7) is 3.24. The fourth-order valence-electron chi connectivity index (χ4n) is 3.11. The highest BCUT2D eigenvalue weighted by Crippen LogP contribution is 2.26. The molecule has 7 nitrogen and oxygen atoms in total. The number of carbonyl (C=O) groups excluding carboxylic acids is 1. The lowest BCUT2D eigenvalue weighted by molar-refractivity contribution is -0.135. The molecule has 148 valence electrons. The SMILES string of the molecule is Nc1cccc(C(=O)O)c1OCC(=O)N1CCN(Cc2ccc(Cl)cc2)CC1. The number of carboxylic acid groups (broad SMARTS) is 1. The summed E-state index contributed by atoms with van der Waals surface area (Å²) in [5.41, 5.74) is 7.11. The first-order valence-corrected chi connectivity index (χ1v) is 9.31. The van der Waals surface area contributed by atoms with Crippen LogP contribution in [0.3, 0.4) is 0 Å². The zero-order valence-corrected chi connectivity index (χ0v) is 16.1. The Morgan fingerprint density at radius 2 is 1.75 bits per heavy atom. The van der Waals surface area contributed by atoms with Crippen molar-refractivity contribution in [3.63, 3.8) is 0 Å². The number of piperazine rings is 1. The minimum atomic E-state index is -1.15. The second-order valence-electron chi connectivity index (χ2n) is 6.60. The van der Waals surface area contributed by atoms with Crippen LogP contribution < -0.4 is 10.5 Å². The highest BCUT2D eigenvalue weighted by atomic mass is 35.5. The molecule has 0 bridgehead atoms. The second kappa shape index (κ2) is 8.95. The topological polar surface area (TPSA) is 96.1 Å². The minimum absolute atomic E-state index is 0.0322. The molecule has 0 radical (unpaired) electrons. The molecule has 1 aliphatic rings. The highest BCUT2D eigenvalue weighted by Gasteiger charge is 2.22. The van der Waals surface area contributed by atoms with Gasteiger partial charge in [-0.15, -0.1) is 0 Å². The van der Waals surface area contributed by atoms with E-state index in [1.807, 2.05) is 24.3 Å². The molecule has 3 N–H and O–H groups in total. The molecule has 28 heavy (non-hydrogen) atoms. The van der Waals surface area contributed by atoms with Crippen molar-refractivity contribution in [3.05, 3.63) is 58.6 Å². The van der Waals surface area contributed by atoms with Gasteiger partial charge in [0, 0.05) is 37.7 Å². The van der Waals surface area contributed by atoms with Crippen molar-refractivity contribution in [2.24, 2.45) is 0 Å². The van der Waals surface area contributed by atoms with Crippen LogP contribution in [-0.4, -0.2) is 59.6 Å². The van der Waals surface area contributed by atoms with Crippen molar-refractivity contribution in [3.8, 4) is 5.75 Å². The number of nitrogens with zero attached hydrogens (tertiary/aromatic N) is 2. The molecule has 0 atom stereocenters. The first kappa shape index (κ1) is 20.0. The molecular formula is C20H22ClN3O4. The smallest absolute Gasteiger partial charge is 0.339 e. The van der Waals surface area contributed by atoms with Crippen LogP contribution in [0.5, 0.6) is 5.75 Å². The van der Waals surface area contributed by atoms with Crippen molar-refractivity contribution in [1.29, 1.82) is 0 Å². The largest absolute Gasteiger partial charge is 0.481 e. The molecule has 1 heterocycles. The molecule has 2 aromatic carbocycles. The lowest BCUT2D eigenvalue weighted by atomic mass is 10.2. The average molecular weight is 404 g/mol. The van der Waals surface area contributed by atoms with Crippen LogP contribution in [0.4, 0.5) is 5.69 Å². The predicted molar refractivity (Wildman–Crippen MR) is 107 cm³/mol. The van der Waals surface area contributed by atoms with Gasteiger partial charge in [-0.25, -0.2) is 4.79 Å². The molecule has 1 fully saturated rings. The van der Waals surface area contributed by atoms with E-state index >= 15 is 0 Å². The maximum Gasteiger partial charge on any atom is 0.339 e. The number of carbonyl (C=O) groups is 2. The van der Waals surface area contributed by atoms with E-state index in [9.17, 15) is 14.7 Å². The van der Waals surface area contributed by atoms with Crippen LogP contribution in [0.15, 0.2) is 42.5 Å². The summed E-state index contributed by atoms with van der Waals surface area (Å²) in [5.74, 6) is -1.30. The number of hydrogen-bond donors (Lipinski definition) is 2. The van der Waals surface area contributed by atoms with Crippen LogP contribution >= 0.6 is 11.6 Å². The molecule has 2 aromatic rings. The molecular weight excluding hydrogens is 382 g/mol. The van der Waals surface area contributed by atoms with Crippen molar-refractivity contribution >= 4 is 29.2 Å². The number of carboxylic acids is 1. The minimum Gasteiger partial charge on any atom is -0.481 e. The third-order valence-corrected chi connectivity index (χ3v) is 4.91. The third-order valence-electron chi connectivity index (χ3n) is 4.66. The van der Waals surface area contributed by atoms with Gasteiger partial charge in [0.25, 0.3) is 5.91 Å². The number of nitrogen functional groups attached to an aromatic ring is 1. The number of amides is 1. The van der Waals surface area contributed by atoms with Gasteiger partial charge in [0.05, 0.1) is 5.69 Å². The second-order valence-corrected chi connectivity index (χ2v) is 7.04. The number of halogens is 1. The van der Waals surface area contributed by atoms with Crippen molar-refractivity contribution < 1.29 is 19.4 Å². The van der Waals surface area contributed by atoms with Crippen molar-refractivity contribution in [1.82, 2.24) is 9.80 Å².